The first-order valence-electron chi connectivity index (χ1n) is 5.70. The molecule has 2 aromatic rings. The number of hydrogen-bond acceptors (Lipinski definition) is 3. The number of allylic oxidation sites excluding steroid dienone is 5. The molecule has 0 fully saturated rings. The van der Waals surface area contributed by atoms with E-state index in [1.54, 1.807) is 6.08 Å². The topological polar surface area (TPSA) is 38.9 Å². The first-order valence-corrected chi connectivity index (χ1v) is 5.70. The van der Waals surface area contributed by atoms with Gasteiger partial charge in [0.15, 0.2) is 0 Å². The SMILES string of the molecule is C=C/C=C\C(=C/C)c1nnc(-c2ccccc2)o1. The predicted molar refractivity (Wildman–Crippen MR) is 72.7 cm³/mol. The van der Waals surface area contributed by atoms with Crippen LogP contribution in [0.1, 0.15) is 12.8 Å². The van der Waals surface area contributed by atoms with Crippen molar-refractivity contribution >= 4 is 5.57 Å². The molecule has 0 aliphatic carbocycles. The molecule has 0 bridgehead atoms. The van der Waals surface area contributed by atoms with Crippen LogP contribution in [0.5, 0.6) is 0 Å². The summed E-state index contributed by atoms with van der Waals surface area (Å²) in [5.74, 6) is 1.03. The van der Waals surface area contributed by atoms with Gasteiger partial charge in [-0.15, -0.1) is 10.2 Å². The Labute approximate surface area is 106 Å². The van der Waals surface area contributed by atoms with E-state index >= 15 is 0 Å². The van der Waals surface area contributed by atoms with Crippen molar-refractivity contribution in [2.24, 2.45) is 0 Å². The molecule has 1 aromatic carbocycles. The van der Waals surface area contributed by atoms with Gasteiger partial charge in [0.1, 0.15) is 0 Å². The standard InChI is InChI=1S/C15H14N2O/c1-3-5-9-12(4-2)14-16-17-15(18-14)13-10-7-6-8-11-13/h3-11H,1H2,2H3/b9-5-,12-4+. The van der Waals surface area contributed by atoms with Gasteiger partial charge in [0.2, 0.25) is 11.8 Å². The summed E-state index contributed by atoms with van der Waals surface area (Å²) in [5.41, 5.74) is 1.80. The second-order valence-electron chi connectivity index (χ2n) is 3.62. The summed E-state index contributed by atoms with van der Waals surface area (Å²) in [7, 11) is 0. The van der Waals surface area contributed by atoms with E-state index in [-0.39, 0.29) is 0 Å². The average Bonchev–Trinajstić information content (AvgIpc) is 2.90. The summed E-state index contributed by atoms with van der Waals surface area (Å²) in [6, 6.07) is 9.70. The van der Waals surface area contributed by atoms with E-state index in [4.69, 9.17) is 4.42 Å². The van der Waals surface area contributed by atoms with Crippen LogP contribution in [0.3, 0.4) is 0 Å². The van der Waals surface area contributed by atoms with Gasteiger partial charge in [-0.05, 0) is 25.1 Å². The molecular weight excluding hydrogens is 224 g/mol. The van der Waals surface area contributed by atoms with Crippen molar-refractivity contribution in [3.05, 3.63) is 67.1 Å². The van der Waals surface area contributed by atoms with E-state index in [0.717, 1.165) is 11.1 Å². The predicted octanol–water partition coefficient (Wildman–Crippen LogP) is 3.88. The summed E-state index contributed by atoms with van der Waals surface area (Å²) in [5, 5.41) is 8.09. The number of benzene rings is 1. The van der Waals surface area contributed by atoms with Crippen molar-refractivity contribution in [2.45, 2.75) is 6.92 Å². The van der Waals surface area contributed by atoms with Gasteiger partial charge in [0.25, 0.3) is 0 Å². The average molecular weight is 238 g/mol. The molecule has 18 heavy (non-hydrogen) atoms. The molecule has 0 amide bonds. The van der Waals surface area contributed by atoms with E-state index in [0.29, 0.717) is 11.8 Å². The zero-order valence-corrected chi connectivity index (χ0v) is 10.2. The highest BCUT2D eigenvalue weighted by Crippen LogP contribution is 2.21. The molecule has 0 atom stereocenters. The number of nitrogens with zero attached hydrogens (tertiary/aromatic N) is 2. The Balaban J connectivity index is 2.31. The van der Waals surface area contributed by atoms with Gasteiger partial charge in [-0.2, -0.15) is 0 Å². The third-order valence-corrected chi connectivity index (χ3v) is 2.42. The quantitative estimate of drug-likeness (QED) is 0.759. The molecule has 0 saturated carbocycles. The van der Waals surface area contributed by atoms with Crippen LogP contribution in [0.2, 0.25) is 0 Å². The Morgan fingerprint density at radius 3 is 2.67 bits per heavy atom. The van der Waals surface area contributed by atoms with Crippen LogP contribution in [0, 0.1) is 0 Å². The van der Waals surface area contributed by atoms with Crippen LogP contribution in [0.15, 0.2) is 65.6 Å². The van der Waals surface area contributed by atoms with Crippen molar-refractivity contribution in [3.63, 3.8) is 0 Å². The molecular formula is C15H14N2O. The molecule has 1 heterocycles. The molecule has 0 aliphatic heterocycles. The maximum Gasteiger partial charge on any atom is 0.248 e. The molecule has 0 saturated heterocycles. The molecule has 0 unspecified atom stereocenters. The summed E-state index contributed by atoms with van der Waals surface area (Å²) < 4.78 is 5.64. The summed E-state index contributed by atoms with van der Waals surface area (Å²) in [6.07, 6.45) is 7.34. The minimum Gasteiger partial charge on any atom is -0.416 e. The lowest BCUT2D eigenvalue weighted by atomic mass is 10.2. The summed E-state index contributed by atoms with van der Waals surface area (Å²) in [6.45, 7) is 5.56. The molecule has 3 nitrogen and oxygen atoms in total. The van der Waals surface area contributed by atoms with Crippen molar-refractivity contribution < 1.29 is 4.42 Å². The van der Waals surface area contributed by atoms with Gasteiger partial charge in [0.05, 0.1) is 0 Å². The fourth-order valence-electron chi connectivity index (χ4n) is 1.50. The third kappa shape index (κ3) is 2.63. The van der Waals surface area contributed by atoms with Crippen LogP contribution in [-0.4, -0.2) is 10.2 Å². The highest BCUT2D eigenvalue weighted by atomic mass is 16.4. The van der Waals surface area contributed by atoms with E-state index in [2.05, 4.69) is 16.8 Å². The minimum absolute atomic E-state index is 0.509. The zero-order valence-electron chi connectivity index (χ0n) is 10.2. The van der Waals surface area contributed by atoms with Gasteiger partial charge in [-0.25, -0.2) is 0 Å². The van der Waals surface area contributed by atoms with Crippen molar-refractivity contribution in [2.75, 3.05) is 0 Å². The maximum absolute atomic E-state index is 5.64. The highest BCUT2D eigenvalue weighted by molar-refractivity contribution is 5.69. The van der Waals surface area contributed by atoms with Crippen molar-refractivity contribution in [3.8, 4) is 11.5 Å². The second-order valence-corrected chi connectivity index (χ2v) is 3.62. The van der Waals surface area contributed by atoms with Crippen LogP contribution in [0.4, 0.5) is 0 Å². The highest BCUT2D eigenvalue weighted by Gasteiger charge is 2.09. The maximum atomic E-state index is 5.64. The lowest BCUT2D eigenvalue weighted by Crippen LogP contribution is -1.79. The Morgan fingerprint density at radius 2 is 2.00 bits per heavy atom. The fraction of sp³-hybridized carbons (Fsp3) is 0.0667. The lowest BCUT2D eigenvalue weighted by molar-refractivity contribution is 0.554. The Bertz CT molecular complexity index is 580. The van der Waals surface area contributed by atoms with Crippen molar-refractivity contribution in [1.29, 1.82) is 0 Å². The molecule has 0 spiro atoms. The van der Waals surface area contributed by atoms with E-state index in [9.17, 15) is 0 Å². The van der Waals surface area contributed by atoms with Crippen LogP contribution in [0.25, 0.3) is 17.0 Å². The smallest absolute Gasteiger partial charge is 0.248 e. The van der Waals surface area contributed by atoms with Crippen LogP contribution >= 0.6 is 0 Å². The Kier molecular flexibility index (Phi) is 3.86. The summed E-state index contributed by atoms with van der Waals surface area (Å²) >= 11 is 0. The molecule has 0 radical (unpaired) electrons. The second kappa shape index (κ2) is 5.77. The number of aromatic nitrogens is 2. The Hall–Kier alpha value is -2.42. The van der Waals surface area contributed by atoms with Gasteiger partial charge in [-0.1, -0.05) is 43.0 Å². The molecule has 3 heteroatoms. The zero-order chi connectivity index (χ0) is 12.8. The normalized spacial score (nSPS) is 11.9. The van der Waals surface area contributed by atoms with Gasteiger partial charge < -0.3 is 4.42 Å². The fourth-order valence-corrected chi connectivity index (χ4v) is 1.50. The first kappa shape index (κ1) is 12.0. The van der Waals surface area contributed by atoms with E-state index < -0.39 is 0 Å². The molecule has 0 N–H and O–H groups in total. The number of rotatable bonds is 4. The first-order chi connectivity index (χ1) is 8.85. The third-order valence-electron chi connectivity index (χ3n) is 2.42. The van der Waals surface area contributed by atoms with E-state index in [1.165, 1.54) is 0 Å². The molecule has 0 aliphatic rings. The van der Waals surface area contributed by atoms with Crippen molar-refractivity contribution in [1.82, 2.24) is 10.2 Å². The van der Waals surface area contributed by atoms with Crippen LogP contribution in [-0.2, 0) is 0 Å². The minimum atomic E-state index is 0.509. The molecule has 1 aromatic heterocycles. The molecule has 90 valence electrons. The van der Waals surface area contributed by atoms with Gasteiger partial charge in [0, 0.05) is 11.1 Å². The Morgan fingerprint density at radius 1 is 1.22 bits per heavy atom. The molecule has 2 rings (SSSR count). The monoisotopic (exact) mass is 238 g/mol. The van der Waals surface area contributed by atoms with Gasteiger partial charge in [-0.3, -0.25) is 0 Å². The van der Waals surface area contributed by atoms with E-state index in [1.807, 2.05) is 55.5 Å². The largest absolute Gasteiger partial charge is 0.416 e. The van der Waals surface area contributed by atoms with Gasteiger partial charge >= 0.3 is 0 Å². The van der Waals surface area contributed by atoms with Crippen LogP contribution < -0.4 is 0 Å². The summed E-state index contributed by atoms with van der Waals surface area (Å²) in [4.78, 5) is 0. The lowest BCUT2D eigenvalue weighted by Gasteiger charge is -1.94. The number of hydrogen-bond donors (Lipinski definition) is 0.